The Hall–Kier alpha value is -2.40. The maximum atomic E-state index is 13.0. The van der Waals surface area contributed by atoms with Crippen LogP contribution in [0.25, 0.3) is 0 Å². The van der Waals surface area contributed by atoms with E-state index in [1.165, 1.54) is 18.2 Å². The van der Waals surface area contributed by atoms with Crippen LogP contribution in [0.5, 0.6) is 0 Å². The molecule has 0 saturated carbocycles. The zero-order chi connectivity index (χ0) is 14.5. The van der Waals surface area contributed by atoms with Gasteiger partial charge < -0.3 is 16.4 Å². The van der Waals surface area contributed by atoms with Crippen molar-refractivity contribution in [2.45, 2.75) is 13.5 Å². The van der Waals surface area contributed by atoms with Crippen LogP contribution < -0.4 is 16.4 Å². The summed E-state index contributed by atoms with van der Waals surface area (Å²) in [5.74, 6) is -0.399. The number of aryl methyl sites for hydroxylation is 1. The minimum atomic E-state index is -0.423. The number of nitrogens with one attached hydrogen (secondary N) is 2. The molecule has 20 heavy (non-hydrogen) atoms. The third-order valence-corrected chi connectivity index (χ3v) is 2.87. The van der Waals surface area contributed by atoms with Crippen molar-refractivity contribution >= 4 is 17.4 Å². The van der Waals surface area contributed by atoms with Crippen molar-refractivity contribution in [2.24, 2.45) is 5.73 Å². The van der Waals surface area contributed by atoms with Crippen LogP contribution in [0.4, 0.5) is 20.6 Å². The van der Waals surface area contributed by atoms with Gasteiger partial charge in [0.1, 0.15) is 5.82 Å². The molecule has 2 rings (SSSR count). The van der Waals surface area contributed by atoms with E-state index in [0.29, 0.717) is 17.9 Å². The molecule has 0 bridgehead atoms. The van der Waals surface area contributed by atoms with Gasteiger partial charge >= 0.3 is 6.03 Å². The number of carbonyl (C=O) groups excluding carboxylic acids is 1. The van der Waals surface area contributed by atoms with Gasteiger partial charge in [0.25, 0.3) is 0 Å². The van der Waals surface area contributed by atoms with Crippen LogP contribution in [0.2, 0.25) is 0 Å². The molecule has 2 amide bonds. The SMILES string of the molecule is Cc1ccc(CN)cc1NC(=O)Nc1cccc(F)c1. The van der Waals surface area contributed by atoms with Crippen LogP contribution in [-0.2, 0) is 6.54 Å². The lowest BCUT2D eigenvalue weighted by Gasteiger charge is -2.11. The van der Waals surface area contributed by atoms with Gasteiger partial charge in [-0.3, -0.25) is 0 Å². The van der Waals surface area contributed by atoms with E-state index >= 15 is 0 Å². The number of halogens is 1. The van der Waals surface area contributed by atoms with Gasteiger partial charge in [-0.15, -0.1) is 0 Å². The Morgan fingerprint density at radius 3 is 2.70 bits per heavy atom. The molecule has 0 aromatic heterocycles. The third kappa shape index (κ3) is 3.55. The molecule has 0 radical (unpaired) electrons. The van der Waals surface area contributed by atoms with E-state index in [4.69, 9.17) is 5.73 Å². The van der Waals surface area contributed by atoms with Gasteiger partial charge in [-0.25, -0.2) is 9.18 Å². The number of carbonyl (C=O) groups is 1. The molecule has 0 unspecified atom stereocenters. The van der Waals surface area contributed by atoms with Crippen molar-refractivity contribution in [3.8, 4) is 0 Å². The van der Waals surface area contributed by atoms with Crippen molar-refractivity contribution in [1.29, 1.82) is 0 Å². The zero-order valence-corrected chi connectivity index (χ0v) is 11.1. The van der Waals surface area contributed by atoms with Gasteiger partial charge in [0.15, 0.2) is 0 Å². The normalized spacial score (nSPS) is 10.2. The molecule has 2 aromatic rings. The monoisotopic (exact) mass is 273 g/mol. The molecular formula is C15H16FN3O. The number of benzene rings is 2. The van der Waals surface area contributed by atoms with E-state index in [1.54, 1.807) is 6.07 Å². The summed E-state index contributed by atoms with van der Waals surface area (Å²) in [6.45, 7) is 2.29. The Morgan fingerprint density at radius 1 is 1.20 bits per heavy atom. The second-order valence-electron chi connectivity index (χ2n) is 4.44. The summed E-state index contributed by atoms with van der Waals surface area (Å²) in [7, 11) is 0. The van der Waals surface area contributed by atoms with Gasteiger partial charge in [0.2, 0.25) is 0 Å². The van der Waals surface area contributed by atoms with E-state index in [2.05, 4.69) is 10.6 Å². The van der Waals surface area contributed by atoms with Crippen molar-refractivity contribution in [3.05, 3.63) is 59.4 Å². The Bertz CT molecular complexity index is 628. The lowest BCUT2D eigenvalue weighted by molar-refractivity contribution is 0.262. The van der Waals surface area contributed by atoms with Crippen LogP contribution in [0, 0.1) is 12.7 Å². The third-order valence-electron chi connectivity index (χ3n) is 2.87. The van der Waals surface area contributed by atoms with E-state index < -0.39 is 11.8 Å². The summed E-state index contributed by atoms with van der Waals surface area (Å²) < 4.78 is 13.0. The summed E-state index contributed by atoms with van der Waals surface area (Å²) in [6.07, 6.45) is 0. The Kier molecular flexibility index (Phi) is 4.32. The Labute approximate surface area is 116 Å². The average molecular weight is 273 g/mol. The highest BCUT2D eigenvalue weighted by Gasteiger charge is 2.06. The summed E-state index contributed by atoms with van der Waals surface area (Å²) >= 11 is 0. The van der Waals surface area contributed by atoms with E-state index in [9.17, 15) is 9.18 Å². The van der Waals surface area contributed by atoms with E-state index in [1.807, 2.05) is 25.1 Å². The Balaban J connectivity index is 2.08. The molecule has 0 atom stereocenters. The summed E-state index contributed by atoms with van der Waals surface area (Å²) in [5, 5.41) is 5.30. The number of nitrogens with two attached hydrogens (primary N) is 1. The number of anilines is 2. The number of hydrogen-bond acceptors (Lipinski definition) is 2. The first-order chi connectivity index (χ1) is 9.58. The fourth-order valence-electron chi connectivity index (χ4n) is 1.78. The van der Waals surface area contributed by atoms with E-state index in [-0.39, 0.29) is 0 Å². The average Bonchev–Trinajstić information content (AvgIpc) is 2.41. The lowest BCUT2D eigenvalue weighted by atomic mass is 10.1. The molecule has 0 fully saturated rings. The van der Waals surface area contributed by atoms with Crippen molar-refractivity contribution in [3.63, 3.8) is 0 Å². The first-order valence-corrected chi connectivity index (χ1v) is 6.21. The summed E-state index contributed by atoms with van der Waals surface area (Å²) in [5.41, 5.74) is 8.51. The lowest BCUT2D eigenvalue weighted by Crippen LogP contribution is -2.20. The minimum Gasteiger partial charge on any atom is -0.326 e. The second-order valence-corrected chi connectivity index (χ2v) is 4.44. The number of amides is 2. The second kappa shape index (κ2) is 6.16. The largest absolute Gasteiger partial charge is 0.326 e. The molecule has 104 valence electrons. The first-order valence-electron chi connectivity index (χ1n) is 6.21. The number of rotatable bonds is 3. The number of hydrogen-bond donors (Lipinski definition) is 3. The molecular weight excluding hydrogens is 257 g/mol. The van der Waals surface area contributed by atoms with Crippen LogP contribution in [0.15, 0.2) is 42.5 Å². The van der Waals surface area contributed by atoms with Crippen LogP contribution >= 0.6 is 0 Å². The fraction of sp³-hybridized carbons (Fsp3) is 0.133. The predicted octanol–water partition coefficient (Wildman–Crippen LogP) is 3.24. The summed E-state index contributed by atoms with van der Waals surface area (Å²) in [6, 6.07) is 10.9. The smallest absolute Gasteiger partial charge is 0.323 e. The molecule has 0 aliphatic rings. The molecule has 0 saturated heterocycles. The molecule has 0 heterocycles. The molecule has 4 nitrogen and oxygen atoms in total. The highest BCUT2D eigenvalue weighted by atomic mass is 19.1. The number of urea groups is 1. The quantitative estimate of drug-likeness (QED) is 0.803. The zero-order valence-electron chi connectivity index (χ0n) is 11.1. The van der Waals surface area contributed by atoms with E-state index in [0.717, 1.165) is 11.1 Å². The molecule has 5 heteroatoms. The molecule has 2 aromatic carbocycles. The maximum absolute atomic E-state index is 13.0. The van der Waals surface area contributed by atoms with Gasteiger partial charge in [-0.1, -0.05) is 18.2 Å². The standard InChI is InChI=1S/C15H16FN3O/c1-10-5-6-11(9-17)7-14(10)19-15(20)18-13-4-2-3-12(16)8-13/h2-8H,9,17H2,1H3,(H2,18,19,20). The molecule has 4 N–H and O–H groups in total. The minimum absolute atomic E-state index is 0.398. The van der Waals surface area contributed by atoms with Gasteiger partial charge in [0.05, 0.1) is 0 Å². The molecule has 0 aliphatic carbocycles. The van der Waals surface area contributed by atoms with Crippen LogP contribution in [0.1, 0.15) is 11.1 Å². The first kappa shape index (κ1) is 14.0. The maximum Gasteiger partial charge on any atom is 0.323 e. The van der Waals surface area contributed by atoms with Gasteiger partial charge in [-0.05, 0) is 42.3 Å². The molecule has 0 aliphatic heterocycles. The van der Waals surface area contributed by atoms with Crippen molar-refractivity contribution in [1.82, 2.24) is 0 Å². The highest BCUT2D eigenvalue weighted by molar-refractivity contribution is 6.00. The van der Waals surface area contributed by atoms with Gasteiger partial charge in [0, 0.05) is 17.9 Å². The topological polar surface area (TPSA) is 67.1 Å². The van der Waals surface area contributed by atoms with Gasteiger partial charge in [-0.2, -0.15) is 0 Å². The van der Waals surface area contributed by atoms with Crippen molar-refractivity contribution in [2.75, 3.05) is 10.6 Å². The highest BCUT2D eigenvalue weighted by Crippen LogP contribution is 2.17. The van der Waals surface area contributed by atoms with Crippen molar-refractivity contribution < 1.29 is 9.18 Å². The Morgan fingerprint density at radius 2 is 2.00 bits per heavy atom. The summed E-state index contributed by atoms with van der Waals surface area (Å²) in [4.78, 5) is 11.9. The fourth-order valence-corrected chi connectivity index (χ4v) is 1.78. The van der Waals surface area contributed by atoms with Crippen LogP contribution in [0.3, 0.4) is 0 Å². The van der Waals surface area contributed by atoms with Crippen LogP contribution in [-0.4, -0.2) is 6.03 Å². The molecule has 0 spiro atoms. The predicted molar refractivity (Wildman–Crippen MR) is 78.1 cm³/mol.